The van der Waals surface area contributed by atoms with Crippen molar-refractivity contribution in [3.05, 3.63) is 0 Å². The van der Waals surface area contributed by atoms with Crippen LogP contribution in [0.15, 0.2) is 4.99 Å². The highest BCUT2D eigenvalue weighted by atomic mass is 16.5. The van der Waals surface area contributed by atoms with Gasteiger partial charge in [0.15, 0.2) is 6.40 Å². The topological polar surface area (TPSA) is 41.8 Å². The summed E-state index contributed by atoms with van der Waals surface area (Å²) in [4.78, 5) is 3.74. The molecule has 0 aromatic heterocycles. The van der Waals surface area contributed by atoms with Gasteiger partial charge in [0.25, 0.3) is 0 Å². The molecule has 0 atom stereocenters. The predicted molar refractivity (Wildman–Crippen MR) is 32.1 cm³/mol. The zero-order valence-corrected chi connectivity index (χ0v) is 5.00. The van der Waals surface area contributed by atoms with Crippen LogP contribution >= 0.6 is 0 Å². The second-order valence-corrected chi connectivity index (χ2v) is 1.20. The fourth-order valence-electron chi connectivity index (χ4n) is 0.264. The summed E-state index contributed by atoms with van der Waals surface area (Å²) in [6.07, 6.45) is 1.49. The molecule has 0 bridgehead atoms. The standard InChI is InChI=1S/C3H5NO.C2H6O/c1-2-5-3-4-1;1-2-3/h3H,1-2H2;3H,2H2,1H3. The van der Waals surface area contributed by atoms with Crippen LogP contribution in [-0.2, 0) is 4.74 Å². The second kappa shape index (κ2) is 6.43. The lowest BCUT2D eigenvalue weighted by Gasteiger charge is -1.76. The van der Waals surface area contributed by atoms with Crippen LogP contribution in [0.4, 0.5) is 0 Å². The minimum absolute atomic E-state index is 0.250. The van der Waals surface area contributed by atoms with Gasteiger partial charge in [0.1, 0.15) is 6.61 Å². The summed E-state index contributed by atoms with van der Waals surface area (Å²) in [6, 6.07) is 0. The molecule has 1 aliphatic heterocycles. The van der Waals surface area contributed by atoms with Crippen LogP contribution in [0.2, 0.25) is 0 Å². The van der Waals surface area contributed by atoms with Crippen molar-refractivity contribution in [2.45, 2.75) is 6.92 Å². The van der Waals surface area contributed by atoms with Gasteiger partial charge in [-0.25, -0.2) is 0 Å². The van der Waals surface area contributed by atoms with Gasteiger partial charge in [-0.2, -0.15) is 0 Å². The van der Waals surface area contributed by atoms with Crippen molar-refractivity contribution < 1.29 is 9.84 Å². The molecule has 0 amide bonds. The van der Waals surface area contributed by atoms with Gasteiger partial charge in [-0.05, 0) is 6.92 Å². The molecule has 0 aromatic carbocycles. The fraction of sp³-hybridized carbons (Fsp3) is 0.800. The first kappa shape index (κ1) is 7.43. The Bertz CT molecular complexity index is 57.4. The molecule has 8 heavy (non-hydrogen) atoms. The van der Waals surface area contributed by atoms with E-state index in [1.807, 2.05) is 0 Å². The highest BCUT2D eigenvalue weighted by Gasteiger charge is 1.84. The van der Waals surface area contributed by atoms with Gasteiger partial charge in [0, 0.05) is 6.61 Å². The van der Waals surface area contributed by atoms with E-state index in [4.69, 9.17) is 5.11 Å². The maximum absolute atomic E-state index is 7.57. The van der Waals surface area contributed by atoms with Crippen LogP contribution in [0.3, 0.4) is 0 Å². The number of aliphatic imine (C=N–C) groups is 1. The molecule has 3 heteroatoms. The summed E-state index contributed by atoms with van der Waals surface area (Å²) in [5, 5.41) is 7.57. The molecule has 48 valence electrons. The van der Waals surface area contributed by atoms with E-state index in [0.29, 0.717) is 0 Å². The van der Waals surface area contributed by atoms with Crippen LogP contribution < -0.4 is 0 Å². The van der Waals surface area contributed by atoms with Crippen LogP contribution in [-0.4, -0.2) is 31.3 Å². The number of hydrogen-bond donors (Lipinski definition) is 1. The Morgan fingerprint density at radius 2 is 2.50 bits per heavy atom. The largest absolute Gasteiger partial charge is 0.482 e. The van der Waals surface area contributed by atoms with Crippen molar-refractivity contribution in [1.82, 2.24) is 0 Å². The molecular formula is C5H11NO2. The molecule has 0 radical (unpaired) electrons. The molecule has 0 unspecified atom stereocenters. The molecule has 1 rings (SSSR count). The van der Waals surface area contributed by atoms with Crippen LogP contribution in [0.25, 0.3) is 0 Å². The molecule has 0 aromatic rings. The third-order valence-corrected chi connectivity index (χ3v) is 0.487. The maximum Gasteiger partial charge on any atom is 0.169 e. The maximum atomic E-state index is 7.57. The lowest BCUT2D eigenvalue weighted by molar-refractivity contribution is 0.318. The highest BCUT2D eigenvalue weighted by Crippen LogP contribution is 1.78. The average Bonchev–Trinajstić information content (AvgIpc) is 2.17. The number of ether oxygens (including phenoxy) is 1. The minimum Gasteiger partial charge on any atom is -0.482 e. The van der Waals surface area contributed by atoms with Gasteiger partial charge < -0.3 is 9.84 Å². The van der Waals surface area contributed by atoms with E-state index in [0.717, 1.165) is 13.2 Å². The van der Waals surface area contributed by atoms with E-state index < -0.39 is 0 Å². The number of nitrogens with zero attached hydrogens (tertiary/aromatic N) is 1. The van der Waals surface area contributed by atoms with Crippen LogP contribution in [0, 0.1) is 0 Å². The van der Waals surface area contributed by atoms with Crippen LogP contribution in [0.5, 0.6) is 0 Å². The van der Waals surface area contributed by atoms with Gasteiger partial charge in [0.2, 0.25) is 0 Å². The third-order valence-electron chi connectivity index (χ3n) is 0.487. The first-order valence-corrected chi connectivity index (χ1v) is 2.62. The van der Waals surface area contributed by atoms with Crippen LogP contribution in [0.1, 0.15) is 6.92 Å². The van der Waals surface area contributed by atoms with Gasteiger partial charge in [-0.15, -0.1) is 0 Å². The minimum atomic E-state index is 0.250. The van der Waals surface area contributed by atoms with Gasteiger partial charge in [-0.3, -0.25) is 4.99 Å². The third kappa shape index (κ3) is 5.43. The molecule has 0 fully saturated rings. The highest BCUT2D eigenvalue weighted by molar-refractivity contribution is 5.47. The Balaban J connectivity index is 0.000000145. The first-order chi connectivity index (χ1) is 3.91. The summed E-state index contributed by atoms with van der Waals surface area (Å²) in [6.45, 7) is 3.56. The number of hydrogen-bond acceptors (Lipinski definition) is 3. The van der Waals surface area contributed by atoms with Gasteiger partial charge >= 0.3 is 0 Å². The van der Waals surface area contributed by atoms with Crippen molar-refractivity contribution in [2.75, 3.05) is 19.8 Å². The lowest BCUT2D eigenvalue weighted by atomic mass is 10.8. The van der Waals surface area contributed by atoms with E-state index >= 15 is 0 Å². The summed E-state index contributed by atoms with van der Waals surface area (Å²) < 4.78 is 4.65. The summed E-state index contributed by atoms with van der Waals surface area (Å²) in [5.74, 6) is 0. The number of rotatable bonds is 0. The second-order valence-electron chi connectivity index (χ2n) is 1.20. The summed E-state index contributed by atoms with van der Waals surface area (Å²) >= 11 is 0. The molecule has 0 spiro atoms. The van der Waals surface area contributed by atoms with Crippen molar-refractivity contribution >= 4 is 6.40 Å². The Labute approximate surface area is 49.0 Å². The molecule has 0 saturated heterocycles. The van der Waals surface area contributed by atoms with E-state index in [2.05, 4.69) is 9.73 Å². The molecule has 0 saturated carbocycles. The molecular weight excluding hydrogens is 106 g/mol. The van der Waals surface area contributed by atoms with E-state index in [1.165, 1.54) is 6.40 Å². The summed E-state index contributed by atoms with van der Waals surface area (Å²) in [5.41, 5.74) is 0. The van der Waals surface area contributed by atoms with Crippen molar-refractivity contribution in [2.24, 2.45) is 4.99 Å². The van der Waals surface area contributed by atoms with Crippen molar-refractivity contribution in [3.63, 3.8) is 0 Å². The first-order valence-electron chi connectivity index (χ1n) is 2.62. The number of aliphatic hydroxyl groups excluding tert-OH is 1. The average molecular weight is 117 g/mol. The van der Waals surface area contributed by atoms with E-state index in [9.17, 15) is 0 Å². The Morgan fingerprint density at radius 3 is 2.62 bits per heavy atom. The van der Waals surface area contributed by atoms with Gasteiger partial charge in [0.05, 0.1) is 6.54 Å². The monoisotopic (exact) mass is 117 g/mol. The normalized spacial score (nSPS) is 14.2. The zero-order chi connectivity index (χ0) is 6.24. The Hall–Kier alpha value is -0.570. The Morgan fingerprint density at radius 1 is 1.88 bits per heavy atom. The lowest BCUT2D eigenvalue weighted by Crippen LogP contribution is -1.80. The quantitative estimate of drug-likeness (QED) is 0.487. The molecule has 1 aliphatic rings. The molecule has 1 N–H and O–H groups in total. The molecule has 1 heterocycles. The van der Waals surface area contributed by atoms with Crippen molar-refractivity contribution in [3.8, 4) is 0 Å². The van der Waals surface area contributed by atoms with E-state index in [1.54, 1.807) is 6.92 Å². The van der Waals surface area contributed by atoms with Gasteiger partial charge in [-0.1, -0.05) is 0 Å². The SMILES string of the molecule is C1=NCCO1.CCO. The van der Waals surface area contributed by atoms with Crippen molar-refractivity contribution in [1.29, 1.82) is 0 Å². The zero-order valence-electron chi connectivity index (χ0n) is 5.00. The summed E-state index contributed by atoms with van der Waals surface area (Å²) in [7, 11) is 0. The fourth-order valence-corrected chi connectivity index (χ4v) is 0.264. The number of aliphatic hydroxyl groups is 1. The molecule has 0 aliphatic carbocycles. The van der Waals surface area contributed by atoms with E-state index in [-0.39, 0.29) is 6.61 Å². The smallest absolute Gasteiger partial charge is 0.169 e. The predicted octanol–water partition coefficient (Wildman–Crippen LogP) is 0.0435. The molecule has 3 nitrogen and oxygen atoms in total. The Kier molecular flexibility index (Phi) is 5.97.